The van der Waals surface area contributed by atoms with E-state index in [9.17, 15) is 8.42 Å². The number of hydrogen-bond acceptors (Lipinski definition) is 2. The van der Waals surface area contributed by atoms with Crippen molar-refractivity contribution in [2.24, 2.45) is 0 Å². The van der Waals surface area contributed by atoms with Crippen LogP contribution in [0.15, 0.2) is 29.2 Å². The molecule has 0 aromatic heterocycles. The van der Waals surface area contributed by atoms with Crippen molar-refractivity contribution in [2.75, 3.05) is 0 Å². The highest BCUT2D eigenvalue weighted by molar-refractivity contribution is 14.1. The molecule has 1 atom stereocenters. The van der Waals surface area contributed by atoms with Gasteiger partial charge in [-0.2, -0.15) is 8.42 Å². The van der Waals surface area contributed by atoms with E-state index in [1.165, 1.54) is 12.1 Å². The third-order valence-corrected chi connectivity index (χ3v) is 3.00. The maximum Gasteiger partial charge on any atom is 0.294 e. The summed E-state index contributed by atoms with van der Waals surface area (Å²) in [7, 11) is -4.06. The third kappa shape index (κ3) is 3.55. The lowest BCUT2D eigenvalue weighted by atomic mass is 10.1. The highest BCUT2D eigenvalue weighted by Gasteiger charge is 2.09. The number of benzene rings is 1. The monoisotopic (exact) mass is 326 g/mol. The fraction of sp³-hybridized carbons (Fsp3) is 0.333. The predicted molar refractivity (Wildman–Crippen MR) is 63.4 cm³/mol. The Bertz CT molecular complexity index is 412. The first-order valence-electron chi connectivity index (χ1n) is 4.10. The van der Waals surface area contributed by atoms with E-state index in [-0.39, 0.29) is 4.90 Å². The molecule has 5 heteroatoms. The molecule has 0 aliphatic rings. The fourth-order valence-corrected chi connectivity index (χ4v) is 2.22. The minimum absolute atomic E-state index is 0.0351. The summed E-state index contributed by atoms with van der Waals surface area (Å²) in [6.45, 7) is 2.04. The molecule has 0 aliphatic carbocycles. The van der Waals surface area contributed by atoms with Crippen molar-refractivity contribution in [1.29, 1.82) is 0 Å². The van der Waals surface area contributed by atoms with E-state index in [1.54, 1.807) is 6.07 Å². The Morgan fingerprint density at radius 2 is 2.14 bits per heavy atom. The van der Waals surface area contributed by atoms with Crippen LogP contribution in [0.3, 0.4) is 0 Å². The van der Waals surface area contributed by atoms with E-state index in [0.717, 1.165) is 12.0 Å². The van der Waals surface area contributed by atoms with Gasteiger partial charge in [-0.1, -0.05) is 41.6 Å². The normalized spacial score (nSPS) is 13.9. The molecule has 0 fully saturated rings. The van der Waals surface area contributed by atoms with Gasteiger partial charge in [-0.3, -0.25) is 4.55 Å². The average Bonchev–Trinajstić information content (AvgIpc) is 2.01. The fourth-order valence-electron chi connectivity index (χ4n) is 1.16. The summed E-state index contributed by atoms with van der Waals surface area (Å²) in [5.74, 6) is 0. The summed E-state index contributed by atoms with van der Waals surface area (Å²) in [6.07, 6.45) is 0.796. The van der Waals surface area contributed by atoms with Crippen LogP contribution in [0, 0.1) is 0 Å². The molecule has 78 valence electrons. The molecule has 0 spiro atoms. The SMILES string of the molecule is CC(I)Cc1cccc(S(=O)(=O)O)c1. The summed E-state index contributed by atoms with van der Waals surface area (Å²) in [5.41, 5.74) is 0.919. The van der Waals surface area contributed by atoms with E-state index in [1.807, 2.05) is 13.0 Å². The Balaban J connectivity index is 3.02. The molecule has 0 heterocycles. The minimum atomic E-state index is -4.06. The van der Waals surface area contributed by atoms with Crippen molar-refractivity contribution in [2.45, 2.75) is 22.2 Å². The van der Waals surface area contributed by atoms with E-state index >= 15 is 0 Å². The van der Waals surface area contributed by atoms with Gasteiger partial charge in [0.15, 0.2) is 0 Å². The molecule has 1 aromatic rings. The van der Waals surface area contributed by atoms with Gasteiger partial charge in [0.2, 0.25) is 0 Å². The van der Waals surface area contributed by atoms with Crippen LogP contribution in [0.1, 0.15) is 12.5 Å². The van der Waals surface area contributed by atoms with E-state index < -0.39 is 10.1 Å². The molecule has 3 nitrogen and oxygen atoms in total. The van der Waals surface area contributed by atoms with Crippen molar-refractivity contribution in [3.63, 3.8) is 0 Å². The van der Waals surface area contributed by atoms with Crippen molar-refractivity contribution in [1.82, 2.24) is 0 Å². The zero-order valence-corrected chi connectivity index (χ0v) is 10.6. The van der Waals surface area contributed by atoms with E-state index in [2.05, 4.69) is 22.6 Å². The smallest absolute Gasteiger partial charge is 0.282 e. The highest BCUT2D eigenvalue weighted by atomic mass is 127. The third-order valence-electron chi connectivity index (χ3n) is 1.71. The summed E-state index contributed by atoms with van der Waals surface area (Å²) in [6, 6.07) is 6.38. The molecule has 0 radical (unpaired) electrons. The first kappa shape index (κ1) is 11.9. The topological polar surface area (TPSA) is 54.4 Å². The molecule has 1 N–H and O–H groups in total. The van der Waals surface area contributed by atoms with Crippen LogP contribution in [-0.2, 0) is 16.5 Å². The van der Waals surface area contributed by atoms with Crippen LogP contribution in [0.5, 0.6) is 0 Å². The Morgan fingerprint density at radius 1 is 1.50 bits per heavy atom. The van der Waals surface area contributed by atoms with Gasteiger partial charge in [0.25, 0.3) is 10.1 Å². The van der Waals surface area contributed by atoms with Gasteiger partial charge < -0.3 is 0 Å². The molecule has 1 aromatic carbocycles. The molecule has 1 rings (SSSR count). The number of halogens is 1. The standard InChI is InChI=1S/C9H11IO3S/c1-7(10)5-8-3-2-4-9(6-8)14(11,12)13/h2-4,6-7H,5H2,1H3,(H,11,12,13). The molecule has 0 aliphatic heterocycles. The van der Waals surface area contributed by atoms with Gasteiger partial charge in [0, 0.05) is 3.92 Å². The molecular formula is C9H11IO3S. The second kappa shape index (κ2) is 4.59. The van der Waals surface area contributed by atoms with Crippen LogP contribution < -0.4 is 0 Å². The lowest BCUT2D eigenvalue weighted by Gasteiger charge is -2.04. The summed E-state index contributed by atoms with van der Waals surface area (Å²) in [5, 5.41) is 0. The number of hydrogen-bond donors (Lipinski definition) is 1. The van der Waals surface area contributed by atoms with Crippen molar-refractivity contribution < 1.29 is 13.0 Å². The Kier molecular flexibility index (Phi) is 3.91. The first-order chi connectivity index (χ1) is 6.39. The Morgan fingerprint density at radius 3 is 2.64 bits per heavy atom. The maximum absolute atomic E-state index is 10.8. The van der Waals surface area contributed by atoms with Crippen molar-refractivity contribution >= 4 is 32.7 Å². The lowest BCUT2D eigenvalue weighted by Crippen LogP contribution is -2.01. The molecule has 14 heavy (non-hydrogen) atoms. The molecule has 0 saturated carbocycles. The maximum atomic E-state index is 10.8. The molecular weight excluding hydrogens is 315 g/mol. The zero-order chi connectivity index (χ0) is 10.8. The first-order valence-corrected chi connectivity index (χ1v) is 6.78. The van der Waals surface area contributed by atoms with Gasteiger partial charge in [-0.05, 0) is 24.1 Å². The summed E-state index contributed by atoms with van der Waals surface area (Å²) < 4.78 is 30.9. The van der Waals surface area contributed by atoms with Crippen molar-refractivity contribution in [3.05, 3.63) is 29.8 Å². The molecule has 0 saturated heterocycles. The van der Waals surface area contributed by atoms with Gasteiger partial charge in [0.05, 0.1) is 4.90 Å². The summed E-state index contributed by atoms with van der Waals surface area (Å²) >= 11 is 2.27. The summed E-state index contributed by atoms with van der Waals surface area (Å²) in [4.78, 5) is -0.0351. The van der Waals surface area contributed by atoms with Crippen LogP contribution >= 0.6 is 22.6 Å². The number of alkyl halides is 1. The largest absolute Gasteiger partial charge is 0.294 e. The highest BCUT2D eigenvalue weighted by Crippen LogP contribution is 2.14. The van der Waals surface area contributed by atoms with Gasteiger partial charge in [-0.25, -0.2) is 0 Å². The quantitative estimate of drug-likeness (QED) is 0.527. The van der Waals surface area contributed by atoms with E-state index in [0.29, 0.717) is 3.92 Å². The zero-order valence-electron chi connectivity index (χ0n) is 7.64. The van der Waals surface area contributed by atoms with Crippen LogP contribution in [0.25, 0.3) is 0 Å². The van der Waals surface area contributed by atoms with Gasteiger partial charge in [-0.15, -0.1) is 0 Å². The van der Waals surface area contributed by atoms with Gasteiger partial charge >= 0.3 is 0 Å². The van der Waals surface area contributed by atoms with E-state index in [4.69, 9.17) is 4.55 Å². The second-order valence-corrected chi connectivity index (χ2v) is 6.66. The van der Waals surface area contributed by atoms with Crippen LogP contribution in [-0.4, -0.2) is 16.9 Å². The lowest BCUT2D eigenvalue weighted by molar-refractivity contribution is 0.483. The predicted octanol–water partition coefficient (Wildman–Crippen LogP) is 2.30. The Labute approximate surface area is 97.4 Å². The molecule has 1 unspecified atom stereocenters. The molecule has 0 bridgehead atoms. The Hall–Kier alpha value is -0.140. The number of rotatable bonds is 3. The molecule has 0 amide bonds. The van der Waals surface area contributed by atoms with Crippen LogP contribution in [0.4, 0.5) is 0 Å². The minimum Gasteiger partial charge on any atom is -0.282 e. The van der Waals surface area contributed by atoms with Crippen molar-refractivity contribution in [3.8, 4) is 0 Å². The van der Waals surface area contributed by atoms with Crippen LogP contribution in [0.2, 0.25) is 0 Å². The van der Waals surface area contributed by atoms with Gasteiger partial charge in [0.1, 0.15) is 0 Å². The average molecular weight is 326 g/mol. The second-order valence-electron chi connectivity index (χ2n) is 3.11.